The fraction of sp³-hybridized carbons (Fsp3) is 0.577. The van der Waals surface area contributed by atoms with Crippen LogP contribution in [-0.2, 0) is 11.2 Å². The number of rotatable bonds is 10. The van der Waals surface area contributed by atoms with E-state index in [-0.39, 0.29) is 5.91 Å². The lowest BCUT2D eigenvalue weighted by Crippen LogP contribution is -2.21. The summed E-state index contributed by atoms with van der Waals surface area (Å²) in [5.41, 5.74) is 1.47. The fourth-order valence-electron chi connectivity index (χ4n) is 3.52. The van der Waals surface area contributed by atoms with Gasteiger partial charge in [0.05, 0.1) is 0 Å². The SMILES string of the molecule is C(=C\C1CCCCC1)/CCCc1ccccc1.C/C=C\CCCC(=O)NCC. The van der Waals surface area contributed by atoms with Crippen molar-refractivity contribution in [2.75, 3.05) is 6.54 Å². The minimum absolute atomic E-state index is 0.164. The number of benzene rings is 1. The summed E-state index contributed by atoms with van der Waals surface area (Å²) < 4.78 is 0. The van der Waals surface area contributed by atoms with Crippen molar-refractivity contribution in [1.82, 2.24) is 5.32 Å². The second-order valence-electron chi connectivity index (χ2n) is 7.62. The molecule has 0 bridgehead atoms. The molecule has 1 aliphatic rings. The monoisotopic (exact) mass is 383 g/mol. The minimum atomic E-state index is 0.164. The standard InChI is InChI=1S/C17H24.C9H17NO/c1-4-10-16(11-5-1)14-8-3-9-15-17-12-6-2-7-13-17;1-3-5-6-7-8-9(11)10-4-2/h1,4-5,9-11,15,17H,2-3,6-8,12-14H2;3,5H,4,6-8H2,1-2H3,(H,10,11)/b15-9+;5-3-. The van der Waals surface area contributed by atoms with E-state index in [2.05, 4.69) is 53.9 Å². The number of carbonyl (C=O) groups excluding carboxylic acids is 1. The molecule has 1 aliphatic carbocycles. The number of amides is 1. The van der Waals surface area contributed by atoms with Crippen LogP contribution in [0.2, 0.25) is 0 Å². The average molecular weight is 384 g/mol. The molecular weight excluding hydrogens is 342 g/mol. The summed E-state index contributed by atoms with van der Waals surface area (Å²) in [6.45, 7) is 4.67. The summed E-state index contributed by atoms with van der Waals surface area (Å²) in [7, 11) is 0. The summed E-state index contributed by atoms with van der Waals surface area (Å²) in [5.74, 6) is 1.05. The second kappa shape index (κ2) is 17.3. The predicted molar refractivity (Wildman–Crippen MR) is 122 cm³/mol. The summed E-state index contributed by atoms with van der Waals surface area (Å²) in [6, 6.07) is 10.8. The molecular formula is C26H41NO. The largest absolute Gasteiger partial charge is 0.356 e. The molecule has 0 unspecified atom stereocenters. The summed E-state index contributed by atoms with van der Waals surface area (Å²) in [6.07, 6.45) is 22.5. The van der Waals surface area contributed by atoms with E-state index in [0.717, 1.165) is 25.3 Å². The number of unbranched alkanes of at least 4 members (excludes halogenated alkanes) is 2. The zero-order chi connectivity index (χ0) is 20.3. The van der Waals surface area contributed by atoms with E-state index in [1.165, 1.54) is 56.9 Å². The Bertz CT molecular complexity index is 541. The Labute approximate surface area is 173 Å². The van der Waals surface area contributed by atoms with Crippen molar-refractivity contribution >= 4 is 5.91 Å². The first-order chi connectivity index (χ1) is 13.8. The zero-order valence-electron chi connectivity index (χ0n) is 18.2. The van der Waals surface area contributed by atoms with Crippen LogP contribution in [0.1, 0.15) is 83.6 Å². The number of allylic oxidation sites excluding steroid dienone is 4. The van der Waals surface area contributed by atoms with Crippen LogP contribution < -0.4 is 5.32 Å². The molecule has 1 saturated carbocycles. The molecule has 1 aromatic rings. The Hall–Kier alpha value is -1.83. The molecule has 1 amide bonds. The van der Waals surface area contributed by atoms with Gasteiger partial charge in [-0.2, -0.15) is 0 Å². The molecule has 28 heavy (non-hydrogen) atoms. The highest BCUT2D eigenvalue weighted by atomic mass is 16.1. The molecule has 1 fully saturated rings. The summed E-state index contributed by atoms with van der Waals surface area (Å²) in [5, 5.41) is 2.76. The van der Waals surface area contributed by atoms with Crippen LogP contribution in [-0.4, -0.2) is 12.5 Å². The zero-order valence-corrected chi connectivity index (χ0v) is 18.2. The van der Waals surface area contributed by atoms with Gasteiger partial charge in [-0.15, -0.1) is 0 Å². The molecule has 156 valence electrons. The van der Waals surface area contributed by atoms with Gasteiger partial charge in [-0.05, 0) is 70.3 Å². The number of nitrogens with one attached hydrogen (secondary N) is 1. The molecule has 2 heteroatoms. The van der Waals surface area contributed by atoms with Crippen LogP contribution in [0.3, 0.4) is 0 Å². The third-order valence-electron chi connectivity index (χ3n) is 5.12. The molecule has 2 nitrogen and oxygen atoms in total. The smallest absolute Gasteiger partial charge is 0.219 e. The first kappa shape index (κ1) is 24.2. The van der Waals surface area contributed by atoms with E-state index in [9.17, 15) is 4.79 Å². The van der Waals surface area contributed by atoms with Crippen molar-refractivity contribution in [2.45, 2.75) is 84.5 Å². The first-order valence-electron chi connectivity index (χ1n) is 11.3. The molecule has 0 aromatic heterocycles. The van der Waals surface area contributed by atoms with Crippen LogP contribution in [0.4, 0.5) is 0 Å². The highest BCUT2D eigenvalue weighted by Crippen LogP contribution is 2.24. The van der Waals surface area contributed by atoms with E-state index in [1.54, 1.807) is 0 Å². The van der Waals surface area contributed by atoms with Crippen LogP contribution in [0, 0.1) is 5.92 Å². The molecule has 0 aliphatic heterocycles. The van der Waals surface area contributed by atoms with Crippen LogP contribution >= 0.6 is 0 Å². The second-order valence-corrected chi connectivity index (χ2v) is 7.62. The van der Waals surface area contributed by atoms with Gasteiger partial charge in [-0.25, -0.2) is 0 Å². The molecule has 0 atom stereocenters. The van der Waals surface area contributed by atoms with Gasteiger partial charge < -0.3 is 5.32 Å². The fourth-order valence-corrected chi connectivity index (χ4v) is 3.52. The Morgan fingerprint density at radius 3 is 2.43 bits per heavy atom. The Balaban J connectivity index is 0.000000311. The molecule has 1 aromatic carbocycles. The molecule has 1 N–H and O–H groups in total. The topological polar surface area (TPSA) is 29.1 Å². The van der Waals surface area contributed by atoms with Crippen LogP contribution in [0.25, 0.3) is 0 Å². The van der Waals surface area contributed by atoms with Crippen molar-refractivity contribution in [3.63, 3.8) is 0 Å². The highest BCUT2D eigenvalue weighted by Gasteiger charge is 2.09. The van der Waals surface area contributed by atoms with E-state index in [4.69, 9.17) is 0 Å². The van der Waals surface area contributed by atoms with E-state index in [1.807, 2.05) is 19.9 Å². The predicted octanol–water partition coefficient (Wildman–Crippen LogP) is 7.01. The Kier molecular flexibility index (Phi) is 14.9. The Morgan fingerprint density at radius 1 is 1.04 bits per heavy atom. The van der Waals surface area contributed by atoms with E-state index < -0.39 is 0 Å². The molecule has 0 saturated heterocycles. The molecule has 2 rings (SSSR count). The van der Waals surface area contributed by atoms with E-state index >= 15 is 0 Å². The Morgan fingerprint density at radius 2 is 1.75 bits per heavy atom. The number of carbonyl (C=O) groups is 1. The van der Waals surface area contributed by atoms with Crippen molar-refractivity contribution in [2.24, 2.45) is 5.92 Å². The lowest BCUT2D eigenvalue weighted by atomic mass is 9.89. The molecule has 0 radical (unpaired) electrons. The number of hydrogen-bond acceptors (Lipinski definition) is 1. The van der Waals surface area contributed by atoms with Gasteiger partial charge in [-0.1, -0.05) is 73.9 Å². The van der Waals surface area contributed by atoms with Crippen LogP contribution in [0.5, 0.6) is 0 Å². The van der Waals surface area contributed by atoms with Gasteiger partial charge in [0, 0.05) is 13.0 Å². The average Bonchev–Trinajstić information content (AvgIpc) is 2.73. The van der Waals surface area contributed by atoms with E-state index in [0.29, 0.717) is 6.42 Å². The van der Waals surface area contributed by atoms with Gasteiger partial charge in [0.1, 0.15) is 0 Å². The van der Waals surface area contributed by atoms with Crippen molar-refractivity contribution in [1.29, 1.82) is 0 Å². The first-order valence-corrected chi connectivity index (χ1v) is 11.3. The summed E-state index contributed by atoms with van der Waals surface area (Å²) in [4.78, 5) is 10.9. The van der Waals surface area contributed by atoms with Gasteiger partial charge in [-0.3, -0.25) is 4.79 Å². The quantitative estimate of drug-likeness (QED) is 0.341. The third kappa shape index (κ3) is 13.4. The van der Waals surface area contributed by atoms with Crippen molar-refractivity contribution in [3.05, 3.63) is 60.2 Å². The molecule has 0 heterocycles. The number of hydrogen-bond donors (Lipinski definition) is 1. The highest BCUT2D eigenvalue weighted by molar-refractivity contribution is 5.75. The summed E-state index contributed by atoms with van der Waals surface area (Å²) >= 11 is 0. The number of aryl methyl sites for hydroxylation is 1. The molecule has 0 spiro atoms. The lowest BCUT2D eigenvalue weighted by molar-refractivity contribution is -0.121. The maximum absolute atomic E-state index is 10.9. The maximum Gasteiger partial charge on any atom is 0.219 e. The minimum Gasteiger partial charge on any atom is -0.356 e. The normalized spacial score (nSPS) is 14.8. The van der Waals surface area contributed by atoms with Gasteiger partial charge in [0.25, 0.3) is 0 Å². The van der Waals surface area contributed by atoms with Crippen LogP contribution in [0.15, 0.2) is 54.6 Å². The van der Waals surface area contributed by atoms with Gasteiger partial charge in [0.2, 0.25) is 5.91 Å². The van der Waals surface area contributed by atoms with Gasteiger partial charge >= 0.3 is 0 Å². The lowest BCUT2D eigenvalue weighted by Gasteiger charge is -2.17. The van der Waals surface area contributed by atoms with Crippen molar-refractivity contribution < 1.29 is 4.79 Å². The van der Waals surface area contributed by atoms with Gasteiger partial charge in [0.15, 0.2) is 0 Å². The maximum atomic E-state index is 10.9. The van der Waals surface area contributed by atoms with Crippen molar-refractivity contribution in [3.8, 4) is 0 Å². The third-order valence-corrected chi connectivity index (χ3v) is 5.12.